The van der Waals surface area contributed by atoms with E-state index in [1.54, 1.807) is 10.5 Å². The molecule has 3 aromatic rings. The molecule has 0 aliphatic carbocycles. The minimum absolute atomic E-state index is 0.0127. The first-order valence-corrected chi connectivity index (χ1v) is 8.50. The van der Waals surface area contributed by atoms with Crippen molar-refractivity contribution in [1.29, 1.82) is 0 Å². The molecule has 2 aromatic heterocycles. The van der Waals surface area contributed by atoms with Crippen LogP contribution in [0.5, 0.6) is 0 Å². The number of fused-ring (bicyclic) bond motifs is 1. The molecule has 0 fully saturated rings. The van der Waals surface area contributed by atoms with Crippen molar-refractivity contribution in [3.05, 3.63) is 75.8 Å². The number of nitrogens with zero attached hydrogens (tertiary/aromatic N) is 3. The molecule has 5 heteroatoms. The van der Waals surface area contributed by atoms with Crippen LogP contribution in [0.1, 0.15) is 17.0 Å². The maximum Gasteiger partial charge on any atom is 0.258 e. The molecule has 5 nitrogen and oxygen atoms in total. The summed E-state index contributed by atoms with van der Waals surface area (Å²) in [6.07, 6.45) is 0. The van der Waals surface area contributed by atoms with Crippen LogP contribution in [-0.2, 0) is 13.1 Å². The van der Waals surface area contributed by atoms with Gasteiger partial charge in [-0.2, -0.15) is 0 Å². The van der Waals surface area contributed by atoms with Gasteiger partial charge in [0.2, 0.25) is 0 Å². The van der Waals surface area contributed by atoms with Crippen molar-refractivity contribution >= 4 is 11.3 Å². The van der Waals surface area contributed by atoms with Gasteiger partial charge in [0, 0.05) is 37.1 Å². The van der Waals surface area contributed by atoms with E-state index in [1.165, 1.54) is 16.2 Å². The molecule has 0 amide bonds. The summed E-state index contributed by atoms with van der Waals surface area (Å²) in [5, 5.41) is 0. The maximum atomic E-state index is 12.4. The summed E-state index contributed by atoms with van der Waals surface area (Å²) in [5.74, 6) is 0. The quantitative estimate of drug-likeness (QED) is 0.763. The first-order chi connectivity index (χ1) is 11.9. The van der Waals surface area contributed by atoms with Gasteiger partial charge in [-0.1, -0.05) is 18.2 Å². The Morgan fingerprint density at radius 1 is 1.08 bits per heavy atom. The molecular weight excluding hydrogens is 312 g/mol. The van der Waals surface area contributed by atoms with Crippen LogP contribution in [0.15, 0.2) is 53.3 Å². The lowest BCUT2D eigenvalue weighted by Gasteiger charge is -2.16. The Morgan fingerprint density at radius 2 is 1.80 bits per heavy atom. The van der Waals surface area contributed by atoms with Crippen molar-refractivity contribution < 1.29 is 4.90 Å². The smallest absolute Gasteiger partial charge is 0.258 e. The minimum atomic E-state index is -0.0127. The standard InChI is InChI=1S/C20H24N4O/c1-15-6-5-7-19-21-17(12-20(25)24(15)19)14-23(4)13-16-8-10-18(11-9-16)22(2)3/h5-12H,13-14H2,1-4H3/p+1. The SMILES string of the molecule is Cc1cccc2nc(C[NH+](C)Cc3ccc(N(C)C)cc3)cc(=O)n12. The van der Waals surface area contributed by atoms with Crippen molar-refractivity contribution in [3.8, 4) is 0 Å². The summed E-state index contributed by atoms with van der Waals surface area (Å²) in [6, 6.07) is 16.0. The predicted molar refractivity (Wildman–Crippen MR) is 101 cm³/mol. The van der Waals surface area contributed by atoms with Crippen LogP contribution in [0.4, 0.5) is 5.69 Å². The molecule has 1 atom stereocenters. The number of benzene rings is 1. The van der Waals surface area contributed by atoms with Crippen molar-refractivity contribution in [3.63, 3.8) is 0 Å². The Balaban J connectivity index is 1.75. The van der Waals surface area contributed by atoms with Gasteiger partial charge in [0.15, 0.2) is 0 Å². The predicted octanol–water partition coefficient (Wildman–Crippen LogP) is 1.28. The molecule has 0 saturated carbocycles. The van der Waals surface area contributed by atoms with Crippen LogP contribution in [0.3, 0.4) is 0 Å². The van der Waals surface area contributed by atoms with E-state index in [9.17, 15) is 4.79 Å². The fourth-order valence-electron chi connectivity index (χ4n) is 3.09. The number of aromatic nitrogens is 2. The van der Waals surface area contributed by atoms with Crippen molar-refractivity contribution in [2.75, 3.05) is 26.0 Å². The molecule has 0 aliphatic rings. The zero-order chi connectivity index (χ0) is 18.0. The van der Waals surface area contributed by atoms with Crippen molar-refractivity contribution in [2.45, 2.75) is 20.0 Å². The van der Waals surface area contributed by atoms with E-state index in [0.29, 0.717) is 5.65 Å². The molecule has 0 aliphatic heterocycles. The summed E-state index contributed by atoms with van der Waals surface area (Å²) in [4.78, 5) is 20.4. The van der Waals surface area contributed by atoms with Gasteiger partial charge in [-0.15, -0.1) is 0 Å². The van der Waals surface area contributed by atoms with Gasteiger partial charge in [-0.05, 0) is 31.2 Å². The zero-order valence-electron chi connectivity index (χ0n) is 15.3. The van der Waals surface area contributed by atoms with Crippen molar-refractivity contribution in [2.24, 2.45) is 0 Å². The Labute approximate surface area is 148 Å². The summed E-state index contributed by atoms with van der Waals surface area (Å²) >= 11 is 0. The van der Waals surface area contributed by atoms with Gasteiger partial charge in [-0.3, -0.25) is 9.20 Å². The van der Waals surface area contributed by atoms with Gasteiger partial charge in [0.05, 0.1) is 7.05 Å². The molecule has 1 aromatic carbocycles. The number of pyridine rings is 1. The number of anilines is 1. The van der Waals surface area contributed by atoms with E-state index in [-0.39, 0.29) is 5.56 Å². The number of hydrogen-bond donors (Lipinski definition) is 1. The number of rotatable bonds is 5. The second-order valence-electron chi connectivity index (χ2n) is 6.82. The third-order valence-corrected chi connectivity index (χ3v) is 4.37. The molecule has 130 valence electrons. The normalized spacial score (nSPS) is 12.3. The van der Waals surface area contributed by atoms with Crippen LogP contribution in [0, 0.1) is 6.92 Å². The molecule has 3 rings (SSSR count). The third kappa shape index (κ3) is 3.88. The Bertz CT molecular complexity index is 929. The first-order valence-electron chi connectivity index (χ1n) is 8.50. The van der Waals surface area contributed by atoms with Crippen LogP contribution in [0.25, 0.3) is 5.65 Å². The van der Waals surface area contributed by atoms with Gasteiger partial charge >= 0.3 is 0 Å². The average Bonchev–Trinajstić information content (AvgIpc) is 2.55. The molecule has 2 heterocycles. The van der Waals surface area contributed by atoms with Crippen LogP contribution in [0.2, 0.25) is 0 Å². The van der Waals surface area contributed by atoms with E-state index in [1.807, 2.05) is 39.2 Å². The highest BCUT2D eigenvalue weighted by Crippen LogP contribution is 2.11. The van der Waals surface area contributed by atoms with E-state index in [4.69, 9.17) is 0 Å². The van der Waals surface area contributed by atoms with Crippen LogP contribution < -0.4 is 15.4 Å². The Morgan fingerprint density at radius 3 is 2.48 bits per heavy atom. The molecular formula is C20H25N4O+. The monoisotopic (exact) mass is 337 g/mol. The molecule has 25 heavy (non-hydrogen) atoms. The largest absolute Gasteiger partial charge is 0.378 e. The number of quaternary nitrogens is 1. The summed E-state index contributed by atoms with van der Waals surface area (Å²) in [5.41, 5.74) is 4.91. The highest BCUT2D eigenvalue weighted by Gasteiger charge is 2.10. The lowest BCUT2D eigenvalue weighted by molar-refractivity contribution is -0.908. The van der Waals surface area contributed by atoms with Gasteiger partial charge < -0.3 is 9.80 Å². The number of hydrogen-bond acceptors (Lipinski definition) is 3. The molecule has 1 N–H and O–H groups in total. The number of aryl methyl sites for hydroxylation is 1. The number of nitrogens with one attached hydrogen (secondary N) is 1. The van der Waals surface area contributed by atoms with Crippen LogP contribution in [-0.4, -0.2) is 30.5 Å². The highest BCUT2D eigenvalue weighted by atomic mass is 16.1. The summed E-state index contributed by atoms with van der Waals surface area (Å²) < 4.78 is 1.65. The van der Waals surface area contributed by atoms with Gasteiger partial charge in [0.1, 0.15) is 24.4 Å². The average molecular weight is 337 g/mol. The second-order valence-corrected chi connectivity index (χ2v) is 6.82. The first kappa shape index (κ1) is 17.2. The van der Waals surface area contributed by atoms with Gasteiger partial charge in [0.25, 0.3) is 5.56 Å². The second kappa shape index (κ2) is 7.07. The molecule has 0 saturated heterocycles. The topological polar surface area (TPSA) is 42.0 Å². The summed E-state index contributed by atoms with van der Waals surface area (Å²) in [7, 11) is 6.20. The molecule has 0 radical (unpaired) electrons. The Hall–Kier alpha value is -2.66. The Kier molecular flexibility index (Phi) is 4.86. The van der Waals surface area contributed by atoms with E-state index >= 15 is 0 Å². The summed E-state index contributed by atoms with van der Waals surface area (Å²) in [6.45, 7) is 3.53. The zero-order valence-corrected chi connectivity index (χ0v) is 15.3. The van der Waals surface area contributed by atoms with Crippen LogP contribution >= 0.6 is 0 Å². The molecule has 1 unspecified atom stereocenters. The van der Waals surface area contributed by atoms with E-state index in [2.05, 4.69) is 41.2 Å². The lowest BCUT2D eigenvalue weighted by atomic mass is 10.2. The van der Waals surface area contributed by atoms with Crippen molar-refractivity contribution in [1.82, 2.24) is 9.38 Å². The third-order valence-electron chi connectivity index (χ3n) is 4.37. The van der Waals surface area contributed by atoms with E-state index in [0.717, 1.165) is 24.5 Å². The minimum Gasteiger partial charge on any atom is -0.378 e. The fourth-order valence-corrected chi connectivity index (χ4v) is 3.09. The lowest BCUT2D eigenvalue weighted by Crippen LogP contribution is -3.06. The highest BCUT2D eigenvalue weighted by molar-refractivity contribution is 5.45. The van der Waals surface area contributed by atoms with Gasteiger partial charge in [-0.25, -0.2) is 4.98 Å². The molecule has 0 bridgehead atoms. The van der Waals surface area contributed by atoms with E-state index < -0.39 is 0 Å². The molecule has 0 spiro atoms. The maximum absolute atomic E-state index is 12.4. The fraction of sp³-hybridized carbons (Fsp3) is 0.300.